The number of halogens is 1. The third-order valence-electron chi connectivity index (χ3n) is 2.84. The molecule has 1 unspecified atom stereocenters. The second kappa shape index (κ2) is 4.71. The lowest BCUT2D eigenvalue weighted by molar-refractivity contribution is -0.117. The zero-order chi connectivity index (χ0) is 13.3. The molecule has 0 aromatic heterocycles. The van der Waals surface area contributed by atoms with Crippen molar-refractivity contribution >= 4 is 29.2 Å². The number of anilines is 1. The lowest BCUT2D eigenvalue weighted by atomic mass is 10.1. The van der Waals surface area contributed by atoms with Crippen LogP contribution in [0.3, 0.4) is 0 Å². The molecule has 0 radical (unpaired) electrons. The van der Waals surface area contributed by atoms with Gasteiger partial charge in [0.05, 0.1) is 11.3 Å². The van der Waals surface area contributed by atoms with Gasteiger partial charge < -0.3 is 10.0 Å². The van der Waals surface area contributed by atoms with Crippen molar-refractivity contribution in [2.45, 2.75) is 6.42 Å². The molecule has 4 nitrogen and oxygen atoms in total. The summed E-state index contributed by atoms with van der Waals surface area (Å²) >= 11 is 5.76. The van der Waals surface area contributed by atoms with Gasteiger partial charge in [0.2, 0.25) is 5.91 Å². The second-order valence-electron chi connectivity index (χ2n) is 4.04. The Morgan fingerprint density at radius 1 is 1.56 bits per heavy atom. The highest BCUT2D eigenvalue weighted by molar-refractivity contribution is 6.31. The fourth-order valence-corrected chi connectivity index (χ4v) is 2.14. The van der Waals surface area contributed by atoms with E-state index in [9.17, 15) is 9.59 Å². The van der Waals surface area contributed by atoms with E-state index in [0.29, 0.717) is 17.3 Å². The lowest BCUT2D eigenvalue weighted by Gasteiger charge is -2.18. The van der Waals surface area contributed by atoms with E-state index >= 15 is 0 Å². The molecule has 5 heteroatoms. The fourth-order valence-electron chi connectivity index (χ4n) is 1.97. The molecule has 0 spiro atoms. The lowest BCUT2D eigenvalue weighted by Crippen LogP contribution is -2.26. The number of nitrogens with zero attached hydrogens (tertiary/aromatic N) is 1. The van der Waals surface area contributed by atoms with Crippen molar-refractivity contribution in [2.75, 3.05) is 11.4 Å². The zero-order valence-electron chi connectivity index (χ0n) is 9.39. The molecule has 2 rings (SSSR count). The van der Waals surface area contributed by atoms with Crippen LogP contribution in [-0.4, -0.2) is 23.5 Å². The van der Waals surface area contributed by atoms with E-state index in [0.717, 1.165) is 0 Å². The number of carboxylic acids is 1. The molecular formula is C13H10ClNO3. The number of carboxylic acid groups (broad SMARTS) is 1. The van der Waals surface area contributed by atoms with Gasteiger partial charge in [-0.1, -0.05) is 11.6 Å². The Kier molecular flexibility index (Phi) is 3.26. The van der Waals surface area contributed by atoms with Crippen molar-refractivity contribution in [3.8, 4) is 12.3 Å². The summed E-state index contributed by atoms with van der Waals surface area (Å²) in [5, 5.41) is 9.44. The van der Waals surface area contributed by atoms with E-state index < -0.39 is 5.97 Å². The van der Waals surface area contributed by atoms with Crippen molar-refractivity contribution in [1.29, 1.82) is 0 Å². The number of terminal acetylenes is 1. The van der Waals surface area contributed by atoms with E-state index in [2.05, 4.69) is 5.92 Å². The Balaban J connectivity index is 2.43. The largest absolute Gasteiger partial charge is 0.478 e. The van der Waals surface area contributed by atoms with Crippen molar-refractivity contribution in [3.63, 3.8) is 0 Å². The standard InChI is InChI=1S/C13H10ClNO3/c1-2-8-5-12(16)15(7-8)11-4-3-9(14)6-10(11)13(17)18/h1,3-4,6,8H,5,7H2,(H,17,18). The van der Waals surface area contributed by atoms with Crippen molar-refractivity contribution in [2.24, 2.45) is 5.92 Å². The highest BCUT2D eigenvalue weighted by atomic mass is 35.5. The Morgan fingerprint density at radius 2 is 2.28 bits per heavy atom. The summed E-state index contributed by atoms with van der Waals surface area (Å²) in [6, 6.07) is 4.41. The van der Waals surface area contributed by atoms with Crippen LogP contribution in [0, 0.1) is 18.3 Å². The van der Waals surface area contributed by atoms with Gasteiger partial charge in [0.25, 0.3) is 0 Å². The molecule has 18 heavy (non-hydrogen) atoms. The number of carbonyl (C=O) groups excluding carboxylic acids is 1. The van der Waals surface area contributed by atoms with E-state index in [1.807, 2.05) is 0 Å². The van der Waals surface area contributed by atoms with Gasteiger partial charge >= 0.3 is 5.97 Å². The smallest absolute Gasteiger partial charge is 0.337 e. The van der Waals surface area contributed by atoms with Gasteiger partial charge in [-0.05, 0) is 18.2 Å². The maximum absolute atomic E-state index is 11.8. The normalized spacial score (nSPS) is 18.8. The average molecular weight is 264 g/mol. The molecule has 1 aliphatic heterocycles. The minimum Gasteiger partial charge on any atom is -0.478 e. The third kappa shape index (κ3) is 2.18. The molecule has 1 amide bonds. The minimum atomic E-state index is -1.12. The summed E-state index contributed by atoms with van der Waals surface area (Å²) < 4.78 is 0. The number of rotatable bonds is 2. The number of benzene rings is 1. The Labute approximate surface area is 109 Å². The van der Waals surface area contributed by atoms with Crippen LogP contribution in [0.25, 0.3) is 0 Å². The maximum Gasteiger partial charge on any atom is 0.337 e. The molecule has 1 fully saturated rings. The van der Waals surface area contributed by atoms with E-state index in [1.54, 1.807) is 6.07 Å². The second-order valence-corrected chi connectivity index (χ2v) is 4.48. The van der Waals surface area contributed by atoms with Crippen molar-refractivity contribution in [3.05, 3.63) is 28.8 Å². The predicted octanol–water partition coefficient (Wildman–Crippen LogP) is 2.02. The molecule has 1 heterocycles. The topological polar surface area (TPSA) is 57.6 Å². The maximum atomic E-state index is 11.8. The first-order valence-electron chi connectivity index (χ1n) is 5.32. The molecule has 0 bridgehead atoms. The molecule has 1 aromatic carbocycles. The first-order valence-corrected chi connectivity index (χ1v) is 5.70. The summed E-state index contributed by atoms with van der Waals surface area (Å²) in [5.74, 6) is 1.06. The molecule has 92 valence electrons. The summed E-state index contributed by atoms with van der Waals surface area (Å²) in [7, 11) is 0. The summed E-state index contributed by atoms with van der Waals surface area (Å²) in [6.45, 7) is 0.344. The summed E-state index contributed by atoms with van der Waals surface area (Å²) in [6.07, 6.45) is 5.54. The number of aromatic carboxylic acids is 1. The van der Waals surface area contributed by atoms with Gasteiger partial charge in [0.1, 0.15) is 0 Å². The van der Waals surface area contributed by atoms with Crippen LogP contribution in [0.2, 0.25) is 5.02 Å². The quantitative estimate of drug-likeness (QED) is 0.831. The third-order valence-corrected chi connectivity index (χ3v) is 3.08. The fraction of sp³-hybridized carbons (Fsp3) is 0.231. The van der Waals surface area contributed by atoms with E-state index in [4.69, 9.17) is 23.1 Å². The zero-order valence-corrected chi connectivity index (χ0v) is 10.1. The van der Waals surface area contributed by atoms with E-state index in [1.165, 1.54) is 17.0 Å². The van der Waals surface area contributed by atoms with Gasteiger partial charge in [0, 0.05) is 23.9 Å². The SMILES string of the molecule is C#CC1CC(=O)N(c2ccc(Cl)cc2C(=O)O)C1. The van der Waals surface area contributed by atoms with Gasteiger partial charge in [-0.15, -0.1) is 12.3 Å². The summed E-state index contributed by atoms with van der Waals surface area (Å²) in [4.78, 5) is 24.4. The molecule has 1 aliphatic rings. The van der Waals surface area contributed by atoms with Gasteiger partial charge in [0.15, 0.2) is 0 Å². The number of carbonyl (C=O) groups is 2. The molecule has 1 atom stereocenters. The van der Waals surface area contributed by atoms with Crippen molar-refractivity contribution in [1.82, 2.24) is 0 Å². The Hall–Kier alpha value is -1.99. The molecule has 0 aliphatic carbocycles. The van der Waals surface area contributed by atoms with Gasteiger partial charge in [-0.25, -0.2) is 4.79 Å². The summed E-state index contributed by atoms with van der Waals surface area (Å²) in [5.41, 5.74) is 0.350. The first-order chi connectivity index (χ1) is 8.52. The van der Waals surface area contributed by atoms with Crippen molar-refractivity contribution < 1.29 is 14.7 Å². The monoisotopic (exact) mass is 263 g/mol. The van der Waals surface area contributed by atoms with Crippen LogP contribution in [-0.2, 0) is 4.79 Å². The molecule has 1 saturated heterocycles. The molecule has 1 aromatic rings. The van der Waals surface area contributed by atoms with Gasteiger partial charge in [-0.3, -0.25) is 4.79 Å². The van der Waals surface area contributed by atoms with Gasteiger partial charge in [-0.2, -0.15) is 0 Å². The average Bonchev–Trinajstić information content (AvgIpc) is 2.70. The Morgan fingerprint density at radius 3 is 2.83 bits per heavy atom. The van der Waals surface area contributed by atoms with Crippen LogP contribution in [0.1, 0.15) is 16.8 Å². The highest BCUT2D eigenvalue weighted by Crippen LogP contribution is 2.29. The highest BCUT2D eigenvalue weighted by Gasteiger charge is 2.31. The first kappa shape index (κ1) is 12.5. The van der Waals surface area contributed by atoms with Crippen LogP contribution >= 0.6 is 11.6 Å². The molecular weight excluding hydrogens is 254 g/mol. The molecule has 1 N–H and O–H groups in total. The number of hydrogen-bond acceptors (Lipinski definition) is 2. The van der Waals surface area contributed by atoms with Crippen LogP contribution in [0.4, 0.5) is 5.69 Å². The number of hydrogen-bond donors (Lipinski definition) is 1. The minimum absolute atomic E-state index is 0.00789. The number of amides is 1. The van der Waals surface area contributed by atoms with Crippen LogP contribution < -0.4 is 4.90 Å². The Bertz CT molecular complexity index is 562. The molecule has 0 saturated carbocycles. The van der Waals surface area contributed by atoms with E-state index in [-0.39, 0.29) is 23.8 Å². The van der Waals surface area contributed by atoms with Crippen LogP contribution in [0.5, 0.6) is 0 Å². The van der Waals surface area contributed by atoms with Crippen LogP contribution in [0.15, 0.2) is 18.2 Å². The predicted molar refractivity (Wildman–Crippen MR) is 67.7 cm³/mol.